The monoisotopic (exact) mass is 288 g/mol. The minimum atomic E-state index is -0.919. The first-order chi connectivity index (χ1) is 10.1. The number of fused-ring (bicyclic) bond motifs is 1. The van der Waals surface area contributed by atoms with Crippen LogP contribution in [-0.4, -0.2) is 36.6 Å². The maximum atomic E-state index is 12.7. The minimum Gasteiger partial charge on any atom is -0.478 e. The van der Waals surface area contributed by atoms with Gasteiger partial charge in [-0.05, 0) is 49.5 Å². The number of hydrogen-bond acceptors (Lipinski definition) is 3. The first-order valence-electron chi connectivity index (χ1n) is 7.47. The van der Waals surface area contributed by atoms with Gasteiger partial charge in [0.25, 0.3) is 0 Å². The molecule has 21 heavy (non-hydrogen) atoms. The van der Waals surface area contributed by atoms with Crippen molar-refractivity contribution in [2.45, 2.75) is 19.8 Å². The number of rotatable bonds is 3. The lowest BCUT2D eigenvalue weighted by Crippen LogP contribution is -2.51. The number of aromatic carboxylic acids is 1. The van der Waals surface area contributed by atoms with E-state index in [-0.39, 0.29) is 11.8 Å². The molecule has 2 N–H and O–H groups in total. The fourth-order valence-electron chi connectivity index (χ4n) is 3.17. The van der Waals surface area contributed by atoms with Crippen LogP contribution in [0, 0.1) is 11.8 Å². The summed E-state index contributed by atoms with van der Waals surface area (Å²) >= 11 is 0. The molecule has 3 rings (SSSR count). The number of carbonyl (C=O) groups excluding carboxylic acids is 1. The molecule has 1 aromatic carbocycles. The number of carboxylic acid groups (broad SMARTS) is 1. The molecule has 1 amide bonds. The highest BCUT2D eigenvalue weighted by atomic mass is 16.4. The molecule has 1 fully saturated rings. The van der Waals surface area contributed by atoms with Crippen molar-refractivity contribution in [2.75, 3.05) is 24.5 Å². The van der Waals surface area contributed by atoms with Crippen molar-refractivity contribution in [3.8, 4) is 0 Å². The Hall–Kier alpha value is -1.88. The Bertz CT molecular complexity index is 581. The Labute approximate surface area is 123 Å². The molecule has 2 aliphatic rings. The maximum Gasteiger partial charge on any atom is 0.336 e. The second-order valence-electron chi connectivity index (χ2n) is 5.91. The van der Waals surface area contributed by atoms with E-state index >= 15 is 0 Å². The molecule has 0 saturated carbocycles. The quantitative estimate of drug-likeness (QED) is 0.885. The molecular weight excluding hydrogens is 268 g/mol. The zero-order valence-electron chi connectivity index (χ0n) is 12.1. The predicted octanol–water partition coefficient (Wildman–Crippen LogP) is 1.52. The van der Waals surface area contributed by atoms with Gasteiger partial charge in [-0.1, -0.05) is 13.0 Å². The molecule has 112 valence electrons. The molecule has 1 saturated heterocycles. The average Bonchev–Trinajstić information content (AvgIpc) is 2.43. The summed E-state index contributed by atoms with van der Waals surface area (Å²) in [6, 6.07) is 5.21. The summed E-state index contributed by atoms with van der Waals surface area (Å²) in [6.45, 7) is 4.44. The molecule has 0 aliphatic carbocycles. The van der Waals surface area contributed by atoms with E-state index in [9.17, 15) is 14.7 Å². The molecule has 0 radical (unpaired) electrons. The van der Waals surface area contributed by atoms with Gasteiger partial charge in [-0.15, -0.1) is 0 Å². The number of amides is 1. The first-order valence-corrected chi connectivity index (χ1v) is 7.47. The van der Waals surface area contributed by atoms with Crippen LogP contribution in [0.3, 0.4) is 0 Å². The fraction of sp³-hybridized carbons (Fsp3) is 0.500. The lowest BCUT2D eigenvalue weighted by molar-refractivity contribution is -0.124. The lowest BCUT2D eigenvalue weighted by atomic mass is 9.86. The van der Waals surface area contributed by atoms with Crippen LogP contribution in [0.25, 0.3) is 0 Å². The molecule has 2 aliphatic heterocycles. The van der Waals surface area contributed by atoms with Gasteiger partial charge in [-0.2, -0.15) is 0 Å². The van der Waals surface area contributed by atoms with E-state index in [1.54, 1.807) is 17.0 Å². The number of carboxylic acids is 1. The highest BCUT2D eigenvalue weighted by molar-refractivity contribution is 5.99. The van der Waals surface area contributed by atoms with E-state index in [1.807, 2.05) is 13.0 Å². The van der Waals surface area contributed by atoms with Crippen molar-refractivity contribution in [3.63, 3.8) is 0 Å². The summed E-state index contributed by atoms with van der Waals surface area (Å²) in [6.07, 6.45) is 1.54. The van der Waals surface area contributed by atoms with Crippen molar-refractivity contribution < 1.29 is 14.7 Å². The van der Waals surface area contributed by atoms with E-state index in [4.69, 9.17) is 0 Å². The van der Waals surface area contributed by atoms with Gasteiger partial charge in [-0.3, -0.25) is 4.79 Å². The third-order valence-corrected chi connectivity index (χ3v) is 4.66. The molecule has 0 aromatic heterocycles. The van der Waals surface area contributed by atoms with Crippen molar-refractivity contribution in [3.05, 3.63) is 29.3 Å². The Kier molecular flexibility index (Phi) is 3.68. The molecule has 5 nitrogen and oxygen atoms in total. The van der Waals surface area contributed by atoms with Crippen LogP contribution in [0.1, 0.15) is 29.3 Å². The second-order valence-corrected chi connectivity index (χ2v) is 5.91. The van der Waals surface area contributed by atoms with Gasteiger partial charge >= 0.3 is 5.97 Å². The summed E-state index contributed by atoms with van der Waals surface area (Å²) in [5.74, 6) is -0.432. The van der Waals surface area contributed by atoms with Crippen LogP contribution in [0.4, 0.5) is 5.69 Å². The number of benzene rings is 1. The highest BCUT2D eigenvalue weighted by Crippen LogP contribution is 2.32. The maximum absolute atomic E-state index is 12.7. The van der Waals surface area contributed by atoms with Crippen molar-refractivity contribution >= 4 is 17.6 Å². The summed E-state index contributed by atoms with van der Waals surface area (Å²) in [4.78, 5) is 25.8. The molecule has 0 spiro atoms. The van der Waals surface area contributed by atoms with Gasteiger partial charge in [0.05, 0.1) is 5.56 Å². The van der Waals surface area contributed by atoms with Crippen LogP contribution >= 0.6 is 0 Å². The van der Waals surface area contributed by atoms with Gasteiger partial charge in [0, 0.05) is 18.2 Å². The van der Waals surface area contributed by atoms with Crippen LogP contribution in [0.2, 0.25) is 0 Å². The van der Waals surface area contributed by atoms with Gasteiger partial charge in [0.15, 0.2) is 0 Å². The van der Waals surface area contributed by atoms with E-state index in [1.165, 1.54) is 0 Å². The molecule has 5 heteroatoms. The fourth-order valence-corrected chi connectivity index (χ4v) is 3.17. The molecule has 1 atom stereocenters. The molecule has 1 aromatic rings. The van der Waals surface area contributed by atoms with E-state index < -0.39 is 5.97 Å². The zero-order chi connectivity index (χ0) is 15.0. The second kappa shape index (κ2) is 5.48. The Balaban J connectivity index is 1.91. The molecular formula is C16H20N2O3. The summed E-state index contributed by atoms with van der Waals surface area (Å²) in [5.41, 5.74) is 1.90. The van der Waals surface area contributed by atoms with Gasteiger partial charge < -0.3 is 15.3 Å². The third kappa shape index (κ3) is 2.42. The smallest absolute Gasteiger partial charge is 0.336 e. The van der Waals surface area contributed by atoms with Gasteiger partial charge in [0.2, 0.25) is 5.91 Å². The SMILES string of the molecule is CC(C(=O)N1CCCc2c(C(=O)O)cccc21)C1CNC1. The number of nitrogens with zero attached hydrogens (tertiary/aromatic N) is 1. The van der Waals surface area contributed by atoms with Crippen molar-refractivity contribution in [2.24, 2.45) is 11.8 Å². The standard InChI is InChI=1S/C16H20N2O3/c1-10(11-8-17-9-11)15(19)18-7-3-5-12-13(16(20)21)4-2-6-14(12)18/h2,4,6,10-11,17H,3,5,7-9H2,1H3,(H,20,21). The lowest BCUT2D eigenvalue weighted by Gasteiger charge is -2.37. The minimum absolute atomic E-state index is 0.0225. The van der Waals surface area contributed by atoms with Gasteiger partial charge in [-0.25, -0.2) is 4.79 Å². The van der Waals surface area contributed by atoms with E-state index in [0.717, 1.165) is 37.2 Å². The molecule has 2 heterocycles. The molecule has 0 bridgehead atoms. The Morgan fingerprint density at radius 1 is 1.38 bits per heavy atom. The third-order valence-electron chi connectivity index (χ3n) is 4.66. The van der Waals surface area contributed by atoms with Crippen LogP contribution in [0.15, 0.2) is 18.2 Å². The number of carbonyl (C=O) groups is 2. The van der Waals surface area contributed by atoms with Crippen LogP contribution < -0.4 is 10.2 Å². The number of nitrogens with one attached hydrogen (secondary N) is 1. The van der Waals surface area contributed by atoms with E-state index in [2.05, 4.69) is 5.32 Å². The van der Waals surface area contributed by atoms with Crippen LogP contribution in [-0.2, 0) is 11.2 Å². The normalized spacial score (nSPS) is 19.6. The zero-order valence-corrected chi connectivity index (χ0v) is 12.1. The highest BCUT2D eigenvalue weighted by Gasteiger charge is 2.34. The van der Waals surface area contributed by atoms with E-state index in [0.29, 0.717) is 18.0 Å². The number of anilines is 1. The number of hydrogen-bond donors (Lipinski definition) is 2. The van der Waals surface area contributed by atoms with Crippen molar-refractivity contribution in [1.82, 2.24) is 5.32 Å². The Morgan fingerprint density at radius 2 is 2.14 bits per heavy atom. The summed E-state index contributed by atoms with van der Waals surface area (Å²) in [7, 11) is 0. The van der Waals surface area contributed by atoms with Crippen LogP contribution in [0.5, 0.6) is 0 Å². The largest absolute Gasteiger partial charge is 0.478 e. The first kappa shape index (κ1) is 14.1. The Morgan fingerprint density at radius 3 is 2.76 bits per heavy atom. The summed E-state index contributed by atoms with van der Waals surface area (Å²) < 4.78 is 0. The molecule has 1 unspecified atom stereocenters. The summed E-state index contributed by atoms with van der Waals surface area (Å²) in [5, 5.41) is 12.5. The predicted molar refractivity (Wildman–Crippen MR) is 79.6 cm³/mol. The average molecular weight is 288 g/mol. The van der Waals surface area contributed by atoms with Crippen molar-refractivity contribution in [1.29, 1.82) is 0 Å². The van der Waals surface area contributed by atoms with Gasteiger partial charge in [0.1, 0.15) is 0 Å². The topological polar surface area (TPSA) is 69.6 Å².